The monoisotopic (exact) mass is 1650 g/mol. The Balaban J connectivity index is 0.000000148. The van der Waals surface area contributed by atoms with Gasteiger partial charge in [-0.05, 0) is 151 Å². The van der Waals surface area contributed by atoms with Gasteiger partial charge in [0.2, 0.25) is 0 Å². The van der Waals surface area contributed by atoms with Gasteiger partial charge in [0.1, 0.15) is 22.8 Å². The molecule has 0 saturated carbocycles. The van der Waals surface area contributed by atoms with Gasteiger partial charge in [-0.1, -0.05) is 376 Å². The van der Waals surface area contributed by atoms with E-state index in [1.54, 1.807) is 0 Å². The topological polar surface area (TPSA) is 126 Å². The zero-order valence-electron chi connectivity index (χ0n) is 69.8. The maximum atomic E-state index is 6.42. The minimum Gasteiger partial charge on any atom is -0.456 e. The number of para-hydroxylation sites is 2. The van der Waals surface area contributed by atoms with Crippen molar-refractivity contribution >= 4 is 65.6 Å². The van der Waals surface area contributed by atoms with Crippen molar-refractivity contribution in [2.75, 3.05) is 0 Å². The van der Waals surface area contributed by atoms with E-state index in [2.05, 4.69) is 325 Å². The second kappa shape index (κ2) is 33.3. The van der Waals surface area contributed by atoms with Crippen LogP contribution in [0, 0.1) is 0 Å². The molecule has 0 aliphatic carbocycles. The van der Waals surface area contributed by atoms with Crippen LogP contribution in [0.15, 0.2) is 466 Å². The van der Waals surface area contributed by atoms with E-state index in [1.165, 1.54) is 0 Å². The first-order chi connectivity index (χ1) is 63.9. The first kappa shape index (κ1) is 76.4. The fourth-order valence-electron chi connectivity index (χ4n) is 18.0. The Morgan fingerprint density at radius 2 is 0.442 bits per heavy atom. The zero-order chi connectivity index (χ0) is 85.5. The first-order valence-electron chi connectivity index (χ1n) is 43.2. The summed E-state index contributed by atoms with van der Waals surface area (Å²) in [4.78, 5) is 42.2. The van der Waals surface area contributed by atoms with Crippen LogP contribution in [0.1, 0.15) is 0 Å². The fraction of sp³-hybridized carbons (Fsp3) is 0. The summed E-state index contributed by atoms with van der Waals surface area (Å²) in [6, 6.07) is 156. The molecular weight excluding hydrogens is 1570 g/mol. The van der Waals surface area contributed by atoms with Gasteiger partial charge in [-0.3, -0.25) is 9.13 Å². The number of nitrogens with zero attached hydrogens (tertiary/aromatic N) is 10. The van der Waals surface area contributed by atoms with Gasteiger partial charge in [0, 0.05) is 78.1 Å². The summed E-state index contributed by atoms with van der Waals surface area (Å²) in [7, 11) is 0. The summed E-state index contributed by atoms with van der Waals surface area (Å²) in [5, 5.41) is 6.52. The van der Waals surface area contributed by atoms with Crippen LogP contribution in [0.4, 0.5) is 0 Å². The van der Waals surface area contributed by atoms with E-state index < -0.39 is 0 Å². The van der Waals surface area contributed by atoms with E-state index in [0.29, 0.717) is 40.8 Å². The van der Waals surface area contributed by atoms with Gasteiger partial charge < -0.3 is 4.42 Å². The molecule has 129 heavy (non-hydrogen) atoms. The molecule has 7 heterocycles. The predicted molar refractivity (Wildman–Crippen MR) is 527 cm³/mol. The highest BCUT2D eigenvalue weighted by Crippen LogP contribution is 2.46. The largest absolute Gasteiger partial charge is 0.456 e. The van der Waals surface area contributed by atoms with Crippen molar-refractivity contribution in [3.63, 3.8) is 0 Å². The van der Waals surface area contributed by atoms with Crippen molar-refractivity contribution in [1.29, 1.82) is 0 Å². The lowest BCUT2D eigenvalue weighted by molar-refractivity contribution is 0.669. The maximum absolute atomic E-state index is 6.42. The number of hydrogen-bond acceptors (Lipinski definition) is 9. The molecule has 11 nitrogen and oxygen atoms in total. The quantitative estimate of drug-likeness (QED) is 0.0929. The molecule has 7 aromatic heterocycles. The molecule has 0 atom stereocenters. The number of aromatic nitrogens is 10. The second-order valence-electron chi connectivity index (χ2n) is 32.1. The molecular formula is C118H76N10O. The lowest BCUT2D eigenvalue weighted by atomic mass is 9.91. The SMILES string of the molecule is c1ccc(-c2ccc3c(c2)c2cc(-c4ccccc4)ccc2n3-c2ncc(-c3ccc(-c4ccccc4)c(-c4ccccc4)c3)cc2-c2nc(-c3ccccc3)nc(-c3ccccc3)n2)cc1.c1ccc(-c2nc(-c3ccccc3)nc(-c3cc(-c4ccc(-c5ccccc5)c(-c5ccccc5)c4)cnc3-n3c4ccccc4c4cc5oc6ccccc6c5cc43)n2)cc1. The standard InChI is InChI=1S/C62H41N5.C56H35N5O/c1-7-19-42(20-8-1)48-32-35-57-54(38-48)55-39-49(43-21-9-2-10-22-43)33-36-58(55)67(57)62-56(61-65-59(46-27-15-5-16-28-46)64-60(66-61)47-29-17-6-18-30-47)40-51(41-63-62)50-31-34-52(44-23-11-3-12-24-44)53(37-50)45-25-13-4-14-26-45;1-5-17-36(18-6-1)42-30-29-40(31-45(42)37-19-7-2-8-20-37)41-32-48(55-59-53(38-21-9-3-10-22-38)58-54(60-55)39-23-11-4-12-24-39)56(57-35-41)61-49-27-15-13-25-43(49)46-34-52-47(33-50(46)61)44-26-14-16-28-51(44)62-52/h1-41H;1-35H. The molecule has 17 aromatic carbocycles. The first-order valence-corrected chi connectivity index (χ1v) is 43.2. The third-order valence-electron chi connectivity index (χ3n) is 24.2. The maximum Gasteiger partial charge on any atom is 0.167 e. The van der Waals surface area contributed by atoms with Crippen molar-refractivity contribution in [1.82, 2.24) is 49.0 Å². The highest BCUT2D eigenvalue weighted by atomic mass is 16.3. The lowest BCUT2D eigenvalue weighted by Gasteiger charge is -2.17. The van der Waals surface area contributed by atoms with Gasteiger partial charge >= 0.3 is 0 Å². The van der Waals surface area contributed by atoms with Crippen LogP contribution in [-0.2, 0) is 0 Å². The van der Waals surface area contributed by atoms with Crippen LogP contribution >= 0.6 is 0 Å². The number of pyridine rings is 2. The van der Waals surface area contributed by atoms with Crippen molar-refractivity contribution < 1.29 is 4.42 Å². The van der Waals surface area contributed by atoms with Crippen LogP contribution < -0.4 is 0 Å². The Hall–Kier alpha value is -17.5. The predicted octanol–water partition coefficient (Wildman–Crippen LogP) is 30.0. The van der Waals surface area contributed by atoms with Gasteiger partial charge in [0.15, 0.2) is 34.9 Å². The van der Waals surface area contributed by atoms with Gasteiger partial charge in [-0.2, -0.15) is 0 Å². The van der Waals surface area contributed by atoms with Crippen LogP contribution in [0.25, 0.3) is 235 Å². The van der Waals surface area contributed by atoms with Crippen molar-refractivity contribution in [2.24, 2.45) is 0 Å². The minimum absolute atomic E-state index is 0.520. The van der Waals surface area contributed by atoms with Crippen LogP contribution in [0.2, 0.25) is 0 Å². The summed E-state index contributed by atoms with van der Waals surface area (Å²) in [5.74, 6) is 4.81. The number of rotatable bonds is 16. The van der Waals surface area contributed by atoms with Gasteiger partial charge in [0.25, 0.3) is 0 Å². The average molecular weight is 1650 g/mol. The fourth-order valence-corrected chi connectivity index (χ4v) is 18.0. The van der Waals surface area contributed by atoms with Gasteiger partial charge in [0.05, 0.1) is 33.2 Å². The third kappa shape index (κ3) is 14.6. The number of hydrogen-bond donors (Lipinski definition) is 0. The molecule has 24 rings (SSSR count). The molecule has 0 spiro atoms. The highest BCUT2D eigenvalue weighted by molar-refractivity contribution is 6.18. The van der Waals surface area contributed by atoms with Gasteiger partial charge in [-0.15, -0.1) is 0 Å². The summed E-state index contributed by atoms with van der Waals surface area (Å²) >= 11 is 0. The molecule has 0 radical (unpaired) electrons. The van der Waals surface area contributed by atoms with E-state index in [0.717, 1.165) is 194 Å². The summed E-state index contributed by atoms with van der Waals surface area (Å²) in [5.41, 5.74) is 28.6. The summed E-state index contributed by atoms with van der Waals surface area (Å²) in [6.45, 7) is 0. The normalized spacial score (nSPS) is 11.4. The second-order valence-corrected chi connectivity index (χ2v) is 32.1. The number of fused-ring (bicyclic) bond motifs is 9. The van der Waals surface area contributed by atoms with Crippen LogP contribution in [0.3, 0.4) is 0 Å². The van der Waals surface area contributed by atoms with E-state index in [4.69, 9.17) is 44.3 Å². The Morgan fingerprint density at radius 3 is 0.837 bits per heavy atom. The minimum atomic E-state index is 0.520. The average Bonchev–Trinajstić information content (AvgIpc) is 1.57. The van der Waals surface area contributed by atoms with Crippen molar-refractivity contribution in [2.45, 2.75) is 0 Å². The van der Waals surface area contributed by atoms with Crippen molar-refractivity contribution in [3.05, 3.63) is 461 Å². The Labute approximate surface area is 744 Å². The molecule has 0 unspecified atom stereocenters. The smallest absolute Gasteiger partial charge is 0.167 e. The van der Waals surface area contributed by atoms with E-state index >= 15 is 0 Å². The summed E-state index contributed by atoms with van der Waals surface area (Å²) in [6.07, 6.45) is 3.98. The number of furan rings is 1. The molecule has 11 heteroatoms. The van der Waals surface area contributed by atoms with Crippen LogP contribution in [-0.4, -0.2) is 49.0 Å². The molecule has 0 saturated heterocycles. The zero-order valence-corrected chi connectivity index (χ0v) is 69.8. The molecule has 0 amide bonds. The molecule has 0 aliphatic heterocycles. The number of benzene rings is 17. The molecule has 0 N–H and O–H groups in total. The third-order valence-corrected chi connectivity index (χ3v) is 24.2. The lowest BCUT2D eigenvalue weighted by Crippen LogP contribution is -2.06. The highest BCUT2D eigenvalue weighted by Gasteiger charge is 2.27. The molecule has 0 fully saturated rings. The molecule has 604 valence electrons. The Morgan fingerprint density at radius 1 is 0.155 bits per heavy atom. The molecule has 24 aromatic rings. The van der Waals surface area contributed by atoms with E-state index in [1.807, 2.05) is 146 Å². The Kier molecular flexibility index (Phi) is 19.7. The van der Waals surface area contributed by atoms with Crippen LogP contribution in [0.5, 0.6) is 0 Å². The van der Waals surface area contributed by atoms with E-state index in [9.17, 15) is 0 Å². The Bertz CT molecular complexity index is 8090. The molecule has 0 bridgehead atoms. The van der Waals surface area contributed by atoms with Crippen molar-refractivity contribution in [3.8, 4) is 169 Å². The van der Waals surface area contributed by atoms with Gasteiger partial charge in [-0.25, -0.2) is 39.9 Å². The summed E-state index contributed by atoms with van der Waals surface area (Å²) < 4.78 is 11.0. The molecule has 0 aliphatic rings. The van der Waals surface area contributed by atoms with E-state index in [-0.39, 0.29) is 0 Å².